The lowest BCUT2D eigenvalue weighted by Gasteiger charge is -2.09. The van der Waals surface area contributed by atoms with Crippen LogP contribution in [0.4, 0.5) is 10.1 Å². The van der Waals surface area contributed by atoms with Crippen molar-refractivity contribution < 1.29 is 23.1 Å². The van der Waals surface area contributed by atoms with Gasteiger partial charge < -0.3 is 19.2 Å². The average Bonchev–Trinajstić information content (AvgIpc) is 3.37. The third-order valence-corrected chi connectivity index (χ3v) is 5.73. The van der Waals surface area contributed by atoms with Crippen LogP contribution >= 0.6 is 11.3 Å². The molecule has 0 radical (unpaired) electrons. The van der Waals surface area contributed by atoms with Gasteiger partial charge in [-0.05, 0) is 42.0 Å². The number of fused-ring (bicyclic) bond motifs is 1. The summed E-state index contributed by atoms with van der Waals surface area (Å²) in [6.45, 7) is 0.912. The molecule has 5 nitrogen and oxygen atoms in total. The van der Waals surface area contributed by atoms with Crippen molar-refractivity contribution in [2.45, 2.75) is 19.8 Å². The third kappa shape index (κ3) is 4.43. The Kier molecular flexibility index (Phi) is 6.23. The largest absolute Gasteiger partial charge is 0.467 e. The first kappa shape index (κ1) is 20.3. The van der Waals surface area contributed by atoms with E-state index in [0.29, 0.717) is 39.4 Å². The summed E-state index contributed by atoms with van der Waals surface area (Å²) in [5.74, 6) is 0.101. The second-order valence-corrected chi connectivity index (χ2v) is 7.73. The molecule has 4 aromatic rings. The molecule has 0 atom stereocenters. The number of benzene rings is 2. The van der Waals surface area contributed by atoms with Crippen molar-refractivity contribution in [1.82, 2.24) is 0 Å². The maximum Gasteiger partial charge on any atom is 0.266 e. The third-order valence-electron chi connectivity index (χ3n) is 4.54. The van der Waals surface area contributed by atoms with Crippen LogP contribution in [-0.4, -0.2) is 13.0 Å². The summed E-state index contributed by atoms with van der Waals surface area (Å²) in [4.78, 5) is 13.4. The molecule has 1 amide bonds. The van der Waals surface area contributed by atoms with Crippen molar-refractivity contribution in [2.24, 2.45) is 0 Å². The van der Waals surface area contributed by atoms with Crippen LogP contribution in [0, 0.1) is 5.82 Å². The quantitative estimate of drug-likeness (QED) is 0.391. The van der Waals surface area contributed by atoms with Gasteiger partial charge in [0.15, 0.2) is 0 Å². The zero-order chi connectivity index (χ0) is 20.9. The molecule has 30 heavy (non-hydrogen) atoms. The van der Waals surface area contributed by atoms with Crippen molar-refractivity contribution >= 4 is 33.0 Å². The molecule has 2 aromatic heterocycles. The van der Waals surface area contributed by atoms with Gasteiger partial charge in [0, 0.05) is 28.4 Å². The molecular formula is C23H20FNO4S. The molecule has 0 saturated carbocycles. The van der Waals surface area contributed by atoms with E-state index in [2.05, 4.69) is 5.32 Å². The molecule has 2 heterocycles. The number of halogens is 1. The van der Waals surface area contributed by atoms with Crippen LogP contribution in [0.2, 0.25) is 0 Å². The van der Waals surface area contributed by atoms with Gasteiger partial charge in [0.25, 0.3) is 5.91 Å². The number of nitrogens with one attached hydrogen (secondary N) is 1. The topological polar surface area (TPSA) is 60.7 Å². The van der Waals surface area contributed by atoms with E-state index in [1.54, 1.807) is 24.5 Å². The second-order valence-electron chi connectivity index (χ2n) is 6.68. The molecule has 2 aromatic carbocycles. The Balaban J connectivity index is 1.50. The minimum absolute atomic E-state index is 0.157. The molecule has 0 spiro atoms. The highest BCUT2D eigenvalue weighted by atomic mass is 32.1. The van der Waals surface area contributed by atoms with Crippen LogP contribution < -0.4 is 5.32 Å². The number of carbonyl (C=O) groups excluding carboxylic acids is 1. The zero-order valence-electron chi connectivity index (χ0n) is 16.3. The lowest BCUT2D eigenvalue weighted by Crippen LogP contribution is -2.12. The Bertz CT molecular complexity index is 1150. The molecule has 0 aliphatic rings. The van der Waals surface area contributed by atoms with Crippen LogP contribution in [0.15, 0.2) is 65.3 Å². The molecular weight excluding hydrogens is 405 g/mol. The van der Waals surface area contributed by atoms with Crippen molar-refractivity contribution in [3.63, 3.8) is 0 Å². The summed E-state index contributed by atoms with van der Waals surface area (Å²) in [5, 5.41) is 3.34. The van der Waals surface area contributed by atoms with E-state index >= 15 is 0 Å². The number of methoxy groups -OCH3 is 1. The molecule has 154 valence electrons. The molecule has 7 heteroatoms. The Labute approximate surface area is 177 Å². The van der Waals surface area contributed by atoms with Crippen LogP contribution in [0.5, 0.6) is 0 Å². The van der Waals surface area contributed by atoms with Gasteiger partial charge in [0.1, 0.15) is 18.2 Å². The number of rotatable bonds is 8. The maximum atomic E-state index is 14.3. The van der Waals surface area contributed by atoms with E-state index in [-0.39, 0.29) is 18.3 Å². The molecule has 0 fully saturated rings. The standard InChI is InChI=1S/C23H20FNO4S/c1-27-14-18-21-19(24)8-3-9-20(21)30-22(18)23(26)25-16-6-2-5-15(11-16)12-28-13-17-7-4-10-29-17/h2-11H,12-14H2,1H3,(H,25,26). The first-order valence-electron chi connectivity index (χ1n) is 9.35. The normalized spacial score (nSPS) is 11.1. The fraction of sp³-hybridized carbons (Fsp3) is 0.174. The smallest absolute Gasteiger partial charge is 0.266 e. The lowest BCUT2D eigenvalue weighted by atomic mass is 10.1. The summed E-state index contributed by atoms with van der Waals surface area (Å²) in [6, 6.07) is 15.9. The van der Waals surface area contributed by atoms with Gasteiger partial charge in [-0.25, -0.2) is 4.39 Å². The second kappa shape index (κ2) is 9.21. The maximum absolute atomic E-state index is 14.3. The van der Waals surface area contributed by atoms with E-state index in [1.165, 1.54) is 24.5 Å². The molecule has 4 rings (SSSR count). The van der Waals surface area contributed by atoms with Gasteiger partial charge >= 0.3 is 0 Å². The van der Waals surface area contributed by atoms with E-state index in [0.717, 1.165) is 11.3 Å². The van der Waals surface area contributed by atoms with E-state index in [4.69, 9.17) is 13.9 Å². The van der Waals surface area contributed by atoms with Crippen LogP contribution in [-0.2, 0) is 29.3 Å². The van der Waals surface area contributed by atoms with Gasteiger partial charge in [-0.1, -0.05) is 18.2 Å². The Morgan fingerprint density at radius 3 is 2.77 bits per heavy atom. The minimum atomic E-state index is -0.356. The first-order valence-corrected chi connectivity index (χ1v) is 10.2. The van der Waals surface area contributed by atoms with Gasteiger partial charge in [-0.2, -0.15) is 0 Å². The van der Waals surface area contributed by atoms with Crippen molar-refractivity contribution in [3.8, 4) is 0 Å². The SMILES string of the molecule is COCc1c(C(=O)Nc2cccc(COCc3ccco3)c2)sc2cccc(F)c12. The Morgan fingerprint density at radius 2 is 1.97 bits per heavy atom. The summed E-state index contributed by atoms with van der Waals surface area (Å²) in [6.07, 6.45) is 1.60. The number of anilines is 1. The minimum Gasteiger partial charge on any atom is -0.467 e. The monoisotopic (exact) mass is 425 g/mol. The Hall–Kier alpha value is -3.00. The first-order chi connectivity index (χ1) is 14.7. The summed E-state index contributed by atoms with van der Waals surface area (Å²) in [7, 11) is 1.53. The van der Waals surface area contributed by atoms with Gasteiger partial charge in [0.2, 0.25) is 0 Å². The van der Waals surface area contributed by atoms with Gasteiger partial charge in [0.05, 0.1) is 24.4 Å². The highest BCUT2D eigenvalue weighted by molar-refractivity contribution is 7.21. The Morgan fingerprint density at radius 1 is 1.10 bits per heavy atom. The van der Waals surface area contributed by atoms with E-state index in [1.807, 2.05) is 30.3 Å². The molecule has 0 aliphatic carbocycles. The number of carbonyl (C=O) groups is 1. The van der Waals surface area contributed by atoms with E-state index < -0.39 is 0 Å². The fourth-order valence-corrected chi connectivity index (χ4v) is 4.34. The highest BCUT2D eigenvalue weighted by Gasteiger charge is 2.20. The molecule has 0 bridgehead atoms. The highest BCUT2D eigenvalue weighted by Crippen LogP contribution is 2.34. The van der Waals surface area contributed by atoms with Crippen LogP contribution in [0.25, 0.3) is 10.1 Å². The number of ether oxygens (including phenoxy) is 2. The van der Waals surface area contributed by atoms with Gasteiger partial charge in [-0.3, -0.25) is 4.79 Å². The van der Waals surface area contributed by atoms with Crippen molar-refractivity contribution in [1.29, 1.82) is 0 Å². The summed E-state index contributed by atoms with van der Waals surface area (Å²) < 4.78 is 31.2. The summed E-state index contributed by atoms with van der Waals surface area (Å²) in [5.41, 5.74) is 2.12. The molecule has 0 unspecified atom stereocenters. The molecule has 1 N–H and O–H groups in total. The number of thiophene rings is 1. The average molecular weight is 425 g/mol. The number of hydrogen-bond acceptors (Lipinski definition) is 5. The number of hydrogen-bond donors (Lipinski definition) is 1. The molecule has 0 saturated heterocycles. The van der Waals surface area contributed by atoms with Gasteiger partial charge in [-0.15, -0.1) is 11.3 Å². The fourth-order valence-electron chi connectivity index (χ4n) is 3.22. The zero-order valence-corrected chi connectivity index (χ0v) is 17.1. The lowest BCUT2D eigenvalue weighted by molar-refractivity contribution is 0.0929. The number of amides is 1. The predicted molar refractivity (Wildman–Crippen MR) is 114 cm³/mol. The van der Waals surface area contributed by atoms with E-state index in [9.17, 15) is 9.18 Å². The van der Waals surface area contributed by atoms with Crippen LogP contribution in [0.1, 0.15) is 26.6 Å². The molecule has 0 aliphatic heterocycles. The predicted octanol–water partition coefficient (Wildman–Crippen LogP) is 5.75. The number of furan rings is 1. The summed E-state index contributed by atoms with van der Waals surface area (Å²) >= 11 is 1.25. The van der Waals surface area contributed by atoms with Crippen LogP contribution in [0.3, 0.4) is 0 Å². The van der Waals surface area contributed by atoms with Crippen molar-refractivity contribution in [3.05, 3.63) is 88.4 Å². The van der Waals surface area contributed by atoms with Crippen molar-refractivity contribution in [2.75, 3.05) is 12.4 Å².